The second-order valence-corrected chi connectivity index (χ2v) is 4.94. The van der Waals surface area contributed by atoms with Gasteiger partial charge in [0.1, 0.15) is 5.82 Å². The number of thioether (sulfide) groups is 1. The Hall–Kier alpha value is 0.250. The van der Waals surface area contributed by atoms with E-state index in [2.05, 4.69) is 31.9 Å². The van der Waals surface area contributed by atoms with Crippen molar-refractivity contribution >= 4 is 43.6 Å². The summed E-state index contributed by atoms with van der Waals surface area (Å²) in [4.78, 5) is -0.211. The van der Waals surface area contributed by atoms with E-state index in [1.54, 1.807) is 0 Å². The lowest BCUT2D eigenvalue weighted by Gasteiger charge is -2.09. The summed E-state index contributed by atoms with van der Waals surface area (Å²) >= 11 is 5.31. The molecule has 0 aliphatic rings. The van der Waals surface area contributed by atoms with E-state index in [0.29, 0.717) is 0 Å². The van der Waals surface area contributed by atoms with Crippen LogP contribution in [0.5, 0.6) is 0 Å². The summed E-state index contributed by atoms with van der Waals surface area (Å²) in [6.45, 7) is 0. The van der Waals surface area contributed by atoms with E-state index in [0.717, 1.165) is 6.07 Å². The van der Waals surface area contributed by atoms with Gasteiger partial charge in [-0.05, 0) is 55.8 Å². The lowest BCUT2D eigenvalue weighted by Crippen LogP contribution is -2.00. The molecule has 14 heavy (non-hydrogen) atoms. The maximum atomic E-state index is 12.9. The van der Waals surface area contributed by atoms with Gasteiger partial charge in [-0.2, -0.15) is 13.2 Å². The Bertz CT molecular complexity index is 350. The van der Waals surface area contributed by atoms with Gasteiger partial charge in [0.25, 0.3) is 0 Å². The minimum absolute atomic E-state index is 0.186. The first kappa shape index (κ1) is 12.3. The molecule has 0 saturated carbocycles. The fourth-order valence-corrected chi connectivity index (χ4v) is 2.73. The first-order valence-corrected chi connectivity index (χ1v) is 5.61. The van der Waals surface area contributed by atoms with Crippen LogP contribution in [0.25, 0.3) is 0 Å². The summed E-state index contributed by atoms with van der Waals surface area (Å²) < 4.78 is 49.0. The van der Waals surface area contributed by atoms with Crippen LogP contribution < -0.4 is 0 Å². The number of hydrogen-bond acceptors (Lipinski definition) is 1. The van der Waals surface area contributed by atoms with Gasteiger partial charge < -0.3 is 0 Å². The summed E-state index contributed by atoms with van der Waals surface area (Å²) in [5.74, 6) is -0.722. The zero-order chi connectivity index (χ0) is 10.9. The molecule has 0 bridgehead atoms. The molecule has 0 aromatic heterocycles. The molecule has 0 N–H and O–H groups in total. The van der Waals surface area contributed by atoms with Gasteiger partial charge in [0.05, 0.1) is 4.47 Å². The molecule has 0 fully saturated rings. The van der Waals surface area contributed by atoms with Gasteiger partial charge in [0.2, 0.25) is 0 Å². The first-order chi connectivity index (χ1) is 6.31. The van der Waals surface area contributed by atoms with E-state index in [1.165, 1.54) is 6.07 Å². The van der Waals surface area contributed by atoms with Crippen molar-refractivity contribution in [3.8, 4) is 0 Å². The fourth-order valence-electron chi connectivity index (χ4n) is 0.718. The van der Waals surface area contributed by atoms with Gasteiger partial charge in [-0.25, -0.2) is 4.39 Å². The molecule has 1 rings (SSSR count). The second kappa shape index (κ2) is 4.40. The highest BCUT2D eigenvalue weighted by molar-refractivity contribution is 9.11. The average Bonchev–Trinajstić information content (AvgIpc) is 2.04. The van der Waals surface area contributed by atoms with Crippen LogP contribution in [-0.2, 0) is 0 Å². The van der Waals surface area contributed by atoms with Crippen molar-refractivity contribution in [1.29, 1.82) is 0 Å². The predicted octanol–water partition coefficient (Wildman–Crippen LogP) is 4.96. The lowest BCUT2D eigenvalue weighted by molar-refractivity contribution is -0.0328. The molecule has 0 unspecified atom stereocenters. The predicted molar refractivity (Wildman–Crippen MR) is 53.7 cm³/mol. The number of alkyl halides is 3. The molecule has 0 heterocycles. The zero-order valence-corrected chi connectivity index (χ0v) is 10.3. The van der Waals surface area contributed by atoms with Crippen LogP contribution in [0.4, 0.5) is 17.6 Å². The zero-order valence-electron chi connectivity index (χ0n) is 6.33. The number of benzene rings is 1. The lowest BCUT2D eigenvalue weighted by atomic mass is 10.3. The van der Waals surface area contributed by atoms with Crippen LogP contribution in [0, 0.1) is 5.82 Å². The van der Waals surface area contributed by atoms with Crippen LogP contribution in [0.1, 0.15) is 0 Å². The standard InChI is InChI=1S/C7H2Br2F4S/c8-3-1-2-4(10)5(9)6(3)14-7(11,12)13/h1-2H. The molecule has 0 amide bonds. The van der Waals surface area contributed by atoms with Gasteiger partial charge >= 0.3 is 5.51 Å². The first-order valence-electron chi connectivity index (χ1n) is 3.20. The third kappa shape index (κ3) is 3.13. The van der Waals surface area contributed by atoms with Crippen LogP contribution in [0.15, 0.2) is 26.0 Å². The average molecular weight is 354 g/mol. The van der Waals surface area contributed by atoms with Crippen molar-refractivity contribution in [2.75, 3.05) is 0 Å². The highest BCUT2D eigenvalue weighted by Crippen LogP contribution is 2.44. The molecular weight excluding hydrogens is 352 g/mol. The van der Waals surface area contributed by atoms with E-state index in [9.17, 15) is 17.6 Å². The Labute approximate surface area is 98.3 Å². The Morgan fingerprint density at radius 1 is 1.14 bits per heavy atom. The summed E-state index contributed by atoms with van der Waals surface area (Å²) in [6, 6.07) is 2.31. The highest BCUT2D eigenvalue weighted by atomic mass is 79.9. The highest BCUT2D eigenvalue weighted by Gasteiger charge is 2.31. The molecule has 0 aliphatic heterocycles. The smallest absolute Gasteiger partial charge is 0.206 e. The minimum Gasteiger partial charge on any atom is -0.206 e. The van der Waals surface area contributed by atoms with Crippen molar-refractivity contribution in [3.63, 3.8) is 0 Å². The maximum Gasteiger partial charge on any atom is 0.446 e. The molecule has 1 aromatic carbocycles. The largest absolute Gasteiger partial charge is 0.446 e. The molecule has 0 radical (unpaired) electrons. The summed E-state index contributed by atoms with van der Waals surface area (Å²) in [5, 5.41) is 0. The van der Waals surface area contributed by atoms with Gasteiger partial charge in [-0.1, -0.05) is 0 Å². The molecule has 0 atom stereocenters. The van der Waals surface area contributed by atoms with Gasteiger partial charge in [-0.3, -0.25) is 0 Å². The van der Waals surface area contributed by atoms with Crippen LogP contribution in [0.3, 0.4) is 0 Å². The molecule has 78 valence electrons. The molecular formula is C7H2Br2F4S. The Morgan fingerprint density at radius 2 is 1.71 bits per heavy atom. The quantitative estimate of drug-likeness (QED) is 0.390. The van der Waals surface area contributed by atoms with Crippen molar-refractivity contribution in [3.05, 3.63) is 26.9 Å². The van der Waals surface area contributed by atoms with E-state index in [1.807, 2.05) is 0 Å². The molecule has 7 heteroatoms. The van der Waals surface area contributed by atoms with Crippen molar-refractivity contribution in [2.24, 2.45) is 0 Å². The molecule has 0 aliphatic carbocycles. The number of rotatable bonds is 1. The van der Waals surface area contributed by atoms with Crippen molar-refractivity contribution in [1.82, 2.24) is 0 Å². The minimum atomic E-state index is -4.43. The van der Waals surface area contributed by atoms with E-state index in [4.69, 9.17) is 0 Å². The van der Waals surface area contributed by atoms with Crippen LogP contribution >= 0.6 is 43.6 Å². The van der Waals surface area contributed by atoms with Crippen molar-refractivity contribution in [2.45, 2.75) is 10.4 Å². The van der Waals surface area contributed by atoms with E-state index in [-0.39, 0.29) is 25.6 Å². The van der Waals surface area contributed by atoms with Crippen molar-refractivity contribution < 1.29 is 17.6 Å². The topological polar surface area (TPSA) is 0 Å². The second-order valence-electron chi connectivity index (χ2n) is 2.22. The van der Waals surface area contributed by atoms with Gasteiger partial charge in [0.15, 0.2) is 0 Å². The maximum absolute atomic E-state index is 12.9. The molecule has 0 spiro atoms. The summed E-state index contributed by atoms with van der Waals surface area (Å²) in [7, 11) is 0. The molecule has 0 nitrogen and oxygen atoms in total. The van der Waals surface area contributed by atoms with Gasteiger partial charge in [0, 0.05) is 9.37 Å². The molecule has 0 saturated heterocycles. The normalized spacial score (nSPS) is 11.9. The summed E-state index contributed by atoms with van der Waals surface area (Å²) in [5.41, 5.74) is -4.43. The van der Waals surface area contributed by atoms with E-state index >= 15 is 0 Å². The Balaban J connectivity index is 3.13. The summed E-state index contributed by atoms with van der Waals surface area (Å²) in [6.07, 6.45) is 0. The number of hydrogen-bond donors (Lipinski definition) is 0. The Morgan fingerprint density at radius 3 is 2.21 bits per heavy atom. The SMILES string of the molecule is Fc1ccc(Br)c(SC(F)(F)F)c1Br. The third-order valence-corrected chi connectivity index (χ3v) is 4.04. The Kier molecular flexibility index (Phi) is 3.87. The molecule has 1 aromatic rings. The monoisotopic (exact) mass is 352 g/mol. The van der Waals surface area contributed by atoms with Gasteiger partial charge in [-0.15, -0.1) is 0 Å². The number of halogens is 6. The van der Waals surface area contributed by atoms with Crippen LogP contribution in [-0.4, -0.2) is 5.51 Å². The third-order valence-electron chi connectivity index (χ3n) is 1.22. The fraction of sp³-hybridized carbons (Fsp3) is 0.143. The van der Waals surface area contributed by atoms with Crippen LogP contribution in [0.2, 0.25) is 0 Å². The van der Waals surface area contributed by atoms with E-state index < -0.39 is 11.3 Å².